The fourth-order valence-electron chi connectivity index (χ4n) is 3.48. The van der Waals surface area contributed by atoms with E-state index in [0.29, 0.717) is 6.54 Å². The minimum absolute atomic E-state index is 0.0325. The maximum Gasteiger partial charge on any atom is 0.260 e. The van der Waals surface area contributed by atoms with Gasteiger partial charge in [0.2, 0.25) is 0 Å². The Hall–Kier alpha value is -2.82. The normalized spacial score (nSPS) is 17.2. The van der Waals surface area contributed by atoms with Crippen molar-refractivity contribution in [2.45, 2.75) is 12.3 Å². The van der Waals surface area contributed by atoms with Gasteiger partial charge in [0.1, 0.15) is 11.6 Å². The van der Waals surface area contributed by atoms with Gasteiger partial charge in [-0.05, 0) is 30.7 Å². The van der Waals surface area contributed by atoms with Crippen LogP contribution in [0.4, 0.5) is 0 Å². The topological polar surface area (TPSA) is 47.4 Å². The molecule has 2 heterocycles. The van der Waals surface area contributed by atoms with E-state index in [-0.39, 0.29) is 18.4 Å². The van der Waals surface area contributed by atoms with Gasteiger partial charge >= 0.3 is 0 Å². The van der Waals surface area contributed by atoms with E-state index < -0.39 is 0 Å². The number of rotatable bonds is 4. The first kappa shape index (κ1) is 15.7. The summed E-state index contributed by atoms with van der Waals surface area (Å²) in [7, 11) is 2.05. The molecule has 0 saturated carbocycles. The lowest BCUT2D eigenvalue weighted by Crippen LogP contribution is -2.33. The number of fused-ring (bicyclic) bond motifs is 1. The smallest absolute Gasteiger partial charge is 0.260 e. The SMILES string of the molecule is Cn1c([C@H]2CCN(C(=O)COc3ccccc3)C2)nc2ccccc21. The summed E-state index contributed by atoms with van der Waals surface area (Å²) in [6.45, 7) is 1.54. The van der Waals surface area contributed by atoms with Crippen LogP contribution in [0, 0.1) is 0 Å². The molecule has 1 aliphatic rings. The van der Waals surface area contributed by atoms with Crippen LogP contribution in [0.1, 0.15) is 18.2 Å². The standard InChI is InChI=1S/C20H21N3O2/c1-22-18-10-6-5-9-17(18)21-20(22)15-11-12-23(13-15)19(24)14-25-16-7-3-2-4-8-16/h2-10,15H,11-14H2,1H3/t15-/m0/s1. The number of ether oxygens (including phenoxy) is 1. The number of nitrogens with zero attached hydrogens (tertiary/aromatic N) is 3. The zero-order chi connectivity index (χ0) is 17.2. The molecule has 5 heteroatoms. The number of carbonyl (C=O) groups excluding carboxylic acids is 1. The van der Waals surface area contributed by atoms with E-state index >= 15 is 0 Å². The average molecular weight is 335 g/mol. The Labute approximate surface area is 146 Å². The van der Waals surface area contributed by atoms with Gasteiger partial charge in [0, 0.05) is 26.1 Å². The quantitative estimate of drug-likeness (QED) is 0.736. The number of aryl methyl sites for hydroxylation is 1. The largest absolute Gasteiger partial charge is 0.484 e. The second-order valence-corrected chi connectivity index (χ2v) is 6.44. The van der Waals surface area contributed by atoms with E-state index in [2.05, 4.69) is 10.6 Å². The van der Waals surface area contributed by atoms with Crippen molar-refractivity contribution < 1.29 is 9.53 Å². The van der Waals surface area contributed by atoms with Gasteiger partial charge in [-0.3, -0.25) is 4.79 Å². The predicted molar refractivity (Wildman–Crippen MR) is 96.6 cm³/mol. The van der Waals surface area contributed by atoms with Crippen molar-refractivity contribution in [1.29, 1.82) is 0 Å². The first-order valence-corrected chi connectivity index (χ1v) is 8.59. The highest BCUT2D eigenvalue weighted by Crippen LogP contribution is 2.28. The maximum absolute atomic E-state index is 12.4. The molecule has 128 valence electrons. The Morgan fingerprint density at radius 2 is 1.92 bits per heavy atom. The zero-order valence-electron chi connectivity index (χ0n) is 14.3. The van der Waals surface area contributed by atoms with Gasteiger partial charge in [-0.25, -0.2) is 4.98 Å². The van der Waals surface area contributed by atoms with Crippen LogP contribution in [0.5, 0.6) is 5.75 Å². The number of hydrogen-bond acceptors (Lipinski definition) is 3. The molecule has 2 aromatic carbocycles. The van der Waals surface area contributed by atoms with Gasteiger partial charge in [-0.2, -0.15) is 0 Å². The second kappa shape index (κ2) is 6.59. The van der Waals surface area contributed by atoms with Gasteiger partial charge in [0.05, 0.1) is 11.0 Å². The lowest BCUT2D eigenvalue weighted by Gasteiger charge is -2.17. The van der Waals surface area contributed by atoms with E-state index in [9.17, 15) is 4.79 Å². The molecule has 1 amide bonds. The highest BCUT2D eigenvalue weighted by Gasteiger charge is 2.30. The second-order valence-electron chi connectivity index (χ2n) is 6.44. The summed E-state index contributed by atoms with van der Waals surface area (Å²) in [5.74, 6) is 2.09. The van der Waals surface area contributed by atoms with Crippen molar-refractivity contribution in [2.24, 2.45) is 7.05 Å². The van der Waals surface area contributed by atoms with Crippen molar-refractivity contribution in [3.63, 3.8) is 0 Å². The third kappa shape index (κ3) is 3.09. The number of aromatic nitrogens is 2. The fourth-order valence-corrected chi connectivity index (χ4v) is 3.48. The zero-order valence-corrected chi connectivity index (χ0v) is 14.3. The molecule has 1 aromatic heterocycles. The summed E-state index contributed by atoms with van der Waals surface area (Å²) in [4.78, 5) is 19.1. The molecule has 1 fully saturated rings. The Morgan fingerprint density at radius 3 is 2.72 bits per heavy atom. The van der Waals surface area contributed by atoms with Crippen LogP contribution in [0.15, 0.2) is 54.6 Å². The van der Waals surface area contributed by atoms with Crippen molar-refractivity contribution in [3.05, 3.63) is 60.4 Å². The summed E-state index contributed by atoms with van der Waals surface area (Å²) < 4.78 is 7.73. The molecular weight excluding hydrogens is 314 g/mol. The minimum Gasteiger partial charge on any atom is -0.484 e. The first-order valence-electron chi connectivity index (χ1n) is 8.59. The van der Waals surface area contributed by atoms with E-state index in [4.69, 9.17) is 9.72 Å². The van der Waals surface area contributed by atoms with Crippen LogP contribution < -0.4 is 4.74 Å². The van der Waals surface area contributed by atoms with Gasteiger partial charge in [-0.15, -0.1) is 0 Å². The van der Waals surface area contributed by atoms with Crippen LogP contribution in [0.3, 0.4) is 0 Å². The van der Waals surface area contributed by atoms with Crippen LogP contribution in [-0.4, -0.2) is 40.1 Å². The number of benzene rings is 2. The maximum atomic E-state index is 12.4. The Bertz CT molecular complexity index is 888. The van der Waals surface area contributed by atoms with Crippen molar-refractivity contribution >= 4 is 16.9 Å². The highest BCUT2D eigenvalue weighted by atomic mass is 16.5. The average Bonchev–Trinajstić information content (AvgIpc) is 3.26. The molecule has 4 rings (SSSR count). The van der Waals surface area contributed by atoms with Crippen LogP contribution in [0.2, 0.25) is 0 Å². The number of hydrogen-bond donors (Lipinski definition) is 0. The van der Waals surface area contributed by atoms with Gasteiger partial charge < -0.3 is 14.2 Å². The Kier molecular flexibility index (Phi) is 4.14. The van der Waals surface area contributed by atoms with E-state index in [1.807, 2.05) is 60.5 Å². The van der Waals surface area contributed by atoms with E-state index in [1.165, 1.54) is 0 Å². The monoisotopic (exact) mass is 335 g/mol. The van der Waals surface area contributed by atoms with Crippen LogP contribution >= 0.6 is 0 Å². The van der Waals surface area contributed by atoms with Crippen molar-refractivity contribution in [2.75, 3.05) is 19.7 Å². The lowest BCUT2D eigenvalue weighted by atomic mass is 10.1. The number of imidazole rings is 1. The third-order valence-corrected chi connectivity index (χ3v) is 4.83. The first-order chi connectivity index (χ1) is 12.2. The highest BCUT2D eigenvalue weighted by molar-refractivity contribution is 5.78. The Balaban J connectivity index is 1.42. The number of likely N-dealkylation sites (tertiary alicyclic amines) is 1. The molecule has 0 aliphatic carbocycles. The molecule has 0 N–H and O–H groups in total. The molecule has 3 aromatic rings. The van der Waals surface area contributed by atoms with E-state index in [1.54, 1.807) is 0 Å². The van der Waals surface area contributed by atoms with Gasteiger partial charge in [-0.1, -0.05) is 30.3 Å². The predicted octanol–water partition coefficient (Wildman–Crippen LogP) is 2.97. The molecule has 0 bridgehead atoms. The number of carbonyl (C=O) groups is 1. The van der Waals surface area contributed by atoms with Crippen LogP contribution in [-0.2, 0) is 11.8 Å². The van der Waals surface area contributed by atoms with E-state index in [0.717, 1.165) is 35.6 Å². The summed E-state index contributed by atoms with van der Waals surface area (Å²) in [6, 6.07) is 17.6. The molecule has 5 nitrogen and oxygen atoms in total. The molecule has 1 atom stereocenters. The molecule has 25 heavy (non-hydrogen) atoms. The molecule has 0 spiro atoms. The van der Waals surface area contributed by atoms with Crippen molar-refractivity contribution in [1.82, 2.24) is 14.5 Å². The van der Waals surface area contributed by atoms with Crippen molar-refractivity contribution in [3.8, 4) is 5.75 Å². The third-order valence-electron chi connectivity index (χ3n) is 4.83. The minimum atomic E-state index is 0.0325. The van der Waals surface area contributed by atoms with Gasteiger partial charge in [0.25, 0.3) is 5.91 Å². The summed E-state index contributed by atoms with van der Waals surface area (Å²) in [6.07, 6.45) is 0.939. The molecule has 0 radical (unpaired) electrons. The molecule has 1 saturated heterocycles. The Morgan fingerprint density at radius 1 is 1.16 bits per heavy atom. The molecule has 1 aliphatic heterocycles. The number of amides is 1. The summed E-state index contributed by atoms with van der Waals surface area (Å²) in [5.41, 5.74) is 2.15. The lowest BCUT2D eigenvalue weighted by molar-refractivity contribution is -0.132. The fraction of sp³-hybridized carbons (Fsp3) is 0.300. The number of para-hydroxylation sites is 3. The van der Waals surface area contributed by atoms with Crippen LogP contribution in [0.25, 0.3) is 11.0 Å². The summed E-state index contributed by atoms with van der Waals surface area (Å²) >= 11 is 0. The molecular formula is C20H21N3O2. The van der Waals surface area contributed by atoms with Gasteiger partial charge in [0.15, 0.2) is 6.61 Å². The molecule has 0 unspecified atom stereocenters. The summed E-state index contributed by atoms with van der Waals surface area (Å²) in [5, 5.41) is 0.